The van der Waals surface area contributed by atoms with E-state index in [0.717, 1.165) is 57.8 Å². The van der Waals surface area contributed by atoms with Crippen LogP contribution in [0.25, 0.3) is 0 Å². The first-order valence-corrected chi connectivity index (χ1v) is 13.3. The molecule has 5 rings (SSSR count). The van der Waals surface area contributed by atoms with Gasteiger partial charge in [-0.3, -0.25) is 9.59 Å². The van der Waals surface area contributed by atoms with Gasteiger partial charge in [0.25, 0.3) is 5.91 Å². The van der Waals surface area contributed by atoms with Gasteiger partial charge in [-0.1, -0.05) is 0 Å². The van der Waals surface area contributed by atoms with Crippen LogP contribution in [-0.2, 0) is 9.59 Å². The summed E-state index contributed by atoms with van der Waals surface area (Å²) in [6.45, 7) is 0.728. The summed E-state index contributed by atoms with van der Waals surface area (Å²) in [5.41, 5.74) is 0.603. The van der Waals surface area contributed by atoms with Crippen molar-refractivity contribution in [3.63, 3.8) is 0 Å². The summed E-state index contributed by atoms with van der Waals surface area (Å²) >= 11 is 0. The molecule has 1 aromatic carbocycles. The molecular formula is C28H35N3O5. The molecular weight excluding hydrogens is 458 g/mol. The molecule has 0 spiro atoms. The van der Waals surface area contributed by atoms with Crippen LogP contribution >= 0.6 is 0 Å². The Bertz CT molecular complexity index is 1050. The lowest BCUT2D eigenvalue weighted by atomic mass is 9.83. The van der Waals surface area contributed by atoms with Crippen LogP contribution in [0.3, 0.4) is 0 Å². The predicted octanol–water partition coefficient (Wildman–Crippen LogP) is 3.37. The molecule has 0 aliphatic heterocycles. The van der Waals surface area contributed by atoms with E-state index in [0.29, 0.717) is 40.4 Å². The van der Waals surface area contributed by atoms with Crippen LogP contribution in [0.15, 0.2) is 12.1 Å². The van der Waals surface area contributed by atoms with Gasteiger partial charge in [-0.05, 0) is 81.6 Å². The molecule has 4 aliphatic rings. The number of carbonyl (C=O) groups is 3. The fraction of sp³-hybridized carbons (Fsp3) is 0.643. The molecule has 0 saturated heterocycles. The lowest BCUT2D eigenvalue weighted by molar-refractivity contribution is -0.127. The maximum absolute atomic E-state index is 13.5. The smallest absolute Gasteiger partial charge is 0.255 e. The minimum Gasteiger partial charge on any atom is -0.496 e. The Kier molecular flexibility index (Phi) is 7.17. The highest BCUT2D eigenvalue weighted by atomic mass is 16.5. The van der Waals surface area contributed by atoms with Gasteiger partial charge in [-0.2, -0.15) is 5.26 Å². The Labute approximate surface area is 212 Å². The largest absolute Gasteiger partial charge is 0.496 e. The van der Waals surface area contributed by atoms with Gasteiger partial charge in [0.1, 0.15) is 23.9 Å². The van der Waals surface area contributed by atoms with Crippen molar-refractivity contribution in [1.29, 1.82) is 5.26 Å². The minimum atomic E-state index is -0.316. The zero-order chi connectivity index (χ0) is 25.2. The topological polar surface area (TPSA) is 118 Å². The van der Waals surface area contributed by atoms with E-state index >= 15 is 0 Å². The fourth-order valence-electron chi connectivity index (χ4n) is 6.40. The lowest BCUT2D eigenvalue weighted by Crippen LogP contribution is -2.50. The monoisotopic (exact) mass is 493 g/mol. The van der Waals surface area contributed by atoms with Crippen LogP contribution in [-0.4, -0.2) is 43.9 Å². The van der Waals surface area contributed by atoms with E-state index in [1.165, 1.54) is 20.0 Å². The second-order valence-electron chi connectivity index (χ2n) is 11.0. The van der Waals surface area contributed by atoms with Gasteiger partial charge in [-0.25, -0.2) is 0 Å². The van der Waals surface area contributed by atoms with E-state index in [-0.39, 0.29) is 35.8 Å². The zero-order valence-electron chi connectivity index (χ0n) is 20.8. The van der Waals surface area contributed by atoms with E-state index in [2.05, 4.69) is 16.7 Å². The number of hydrogen-bond acceptors (Lipinski definition) is 6. The van der Waals surface area contributed by atoms with Crippen molar-refractivity contribution in [1.82, 2.24) is 10.6 Å². The molecule has 2 N–H and O–H groups in total. The Hall–Kier alpha value is -3.08. The second-order valence-corrected chi connectivity index (χ2v) is 11.0. The number of methoxy groups -OCH3 is 1. The Morgan fingerprint density at radius 3 is 2.47 bits per heavy atom. The van der Waals surface area contributed by atoms with Gasteiger partial charge in [0, 0.05) is 24.6 Å². The molecule has 4 saturated carbocycles. The van der Waals surface area contributed by atoms with Crippen molar-refractivity contribution in [2.75, 3.05) is 13.7 Å². The van der Waals surface area contributed by atoms with Crippen LogP contribution in [0.4, 0.5) is 0 Å². The third kappa shape index (κ3) is 5.07. The van der Waals surface area contributed by atoms with E-state index in [9.17, 15) is 19.6 Å². The average Bonchev–Trinajstić information content (AvgIpc) is 3.52. The molecule has 4 fully saturated rings. The molecule has 192 valence electrons. The molecule has 0 heterocycles. The van der Waals surface area contributed by atoms with Crippen molar-refractivity contribution in [3.8, 4) is 17.6 Å². The third-order valence-corrected chi connectivity index (χ3v) is 8.65. The molecule has 0 radical (unpaired) electrons. The molecule has 1 aromatic rings. The molecule has 0 aromatic heterocycles. The molecule has 2 amide bonds. The summed E-state index contributed by atoms with van der Waals surface area (Å²) in [4.78, 5) is 37.7. The summed E-state index contributed by atoms with van der Waals surface area (Å²) in [6.07, 6.45) is 9.24. The lowest BCUT2D eigenvalue weighted by Gasteiger charge is -2.31. The highest BCUT2D eigenvalue weighted by molar-refractivity contribution is 5.98. The van der Waals surface area contributed by atoms with E-state index in [1.54, 1.807) is 12.1 Å². The molecule has 4 atom stereocenters. The number of hydrogen-bond donors (Lipinski definition) is 2. The van der Waals surface area contributed by atoms with Gasteiger partial charge in [0.05, 0.1) is 30.3 Å². The van der Waals surface area contributed by atoms with Crippen molar-refractivity contribution in [2.24, 2.45) is 29.6 Å². The Balaban J connectivity index is 1.32. The van der Waals surface area contributed by atoms with Crippen molar-refractivity contribution in [3.05, 3.63) is 23.3 Å². The van der Waals surface area contributed by atoms with E-state index < -0.39 is 0 Å². The summed E-state index contributed by atoms with van der Waals surface area (Å²) in [5.74, 6) is 1.46. The first kappa shape index (κ1) is 24.6. The van der Waals surface area contributed by atoms with Crippen LogP contribution in [0.2, 0.25) is 0 Å². The maximum atomic E-state index is 13.5. The van der Waals surface area contributed by atoms with Gasteiger partial charge < -0.3 is 24.9 Å². The number of carbonyl (C=O) groups excluding carboxylic acids is 3. The molecule has 8 heteroatoms. The van der Waals surface area contributed by atoms with Crippen molar-refractivity contribution < 1.29 is 23.9 Å². The first-order valence-electron chi connectivity index (χ1n) is 13.3. The van der Waals surface area contributed by atoms with Gasteiger partial charge in [0.2, 0.25) is 5.91 Å². The molecule has 36 heavy (non-hydrogen) atoms. The highest BCUT2D eigenvalue weighted by Gasteiger charge is 2.51. The SMILES string of the molecule is COc1cc(C#N)c(OC2CCC(C=O)CC2)cc1C(=O)NC1C2CCC(C2)C1C(=O)NCC1CC1. The summed E-state index contributed by atoms with van der Waals surface area (Å²) in [5, 5.41) is 16.0. The summed E-state index contributed by atoms with van der Waals surface area (Å²) < 4.78 is 11.6. The number of ether oxygens (including phenoxy) is 2. The molecule has 4 aliphatic carbocycles. The Morgan fingerprint density at radius 2 is 1.81 bits per heavy atom. The van der Waals surface area contributed by atoms with E-state index in [4.69, 9.17) is 9.47 Å². The summed E-state index contributed by atoms with van der Waals surface area (Å²) in [6, 6.07) is 5.07. The van der Waals surface area contributed by atoms with Crippen molar-refractivity contribution >= 4 is 18.1 Å². The molecule has 8 nitrogen and oxygen atoms in total. The number of amides is 2. The van der Waals surface area contributed by atoms with Gasteiger partial charge in [0.15, 0.2) is 0 Å². The quantitative estimate of drug-likeness (QED) is 0.510. The van der Waals surface area contributed by atoms with Gasteiger partial charge >= 0.3 is 0 Å². The third-order valence-electron chi connectivity index (χ3n) is 8.65. The highest BCUT2D eigenvalue weighted by Crippen LogP contribution is 2.49. The average molecular weight is 494 g/mol. The van der Waals surface area contributed by atoms with Crippen molar-refractivity contribution in [2.45, 2.75) is 69.9 Å². The number of nitriles is 1. The molecule has 4 unspecified atom stereocenters. The van der Waals surface area contributed by atoms with Crippen LogP contribution in [0.5, 0.6) is 11.5 Å². The van der Waals surface area contributed by atoms with Crippen LogP contribution < -0.4 is 20.1 Å². The Morgan fingerprint density at radius 1 is 1.06 bits per heavy atom. The zero-order valence-corrected chi connectivity index (χ0v) is 20.8. The minimum absolute atomic E-state index is 0.0566. The second kappa shape index (κ2) is 10.5. The van der Waals surface area contributed by atoms with Crippen LogP contribution in [0, 0.1) is 40.9 Å². The van der Waals surface area contributed by atoms with Gasteiger partial charge in [-0.15, -0.1) is 0 Å². The predicted molar refractivity (Wildman–Crippen MR) is 131 cm³/mol. The number of nitrogens with zero attached hydrogens (tertiary/aromatic N) is 1. The van der Waals surface area contributed by atoms with E-state index in [1.807, 2.05) is 0 Å². The summed E-state index contributed by atoms with van der Waals surface area (Å²) in [7, 11) is 1.47. The number of aldehydes is 1. The number of benzene rings is 1. The standard InChI is InChI=1S/C28H35N3O5/c1-35-24-11-20(13-29)23(36-21-8-4-17(15-32)5-9-21)12-22(24)27(33)31-26-19-7-6-18(10-19)25(26)28(34)30-14-16-2-3-16/h11-12,15-19,21,25-26H,2-10,14H2,1H3,(H,30,34)(H,31,33). The number of fused-ring (bicyclic) bond motifs is 2. The first-order chi connectivity index (χ1) is 17.5. The fourth-order valence-corrected chi connectivity index (χ4v) is 6.40. The van der Waals surface area contributed by atoms with Crippen LogP contribution in [0.1, 0.15) is 73.7 Å². The number of rotatable bonds is 9. The molecule has 2 bridgehead atoms. The maximum Gasteiger partial charge on any atom is 0.255 e. The number of nitrogens with one attached hydrogen (secondary N) is 2. The normalized spacial score (nSPS) is 30.8.